The fourth-order valence-corrected chi connectivity index (χ4v) is 2.49. The molecule has 21 heavy (non-hydrogen) atoms. The molecule has 0 aliphatic heterocycles. The first kappa shape index (κ1) is 17.9. The van der Waals surface area contributed by atoms with Gasteiger partial charge in [0, 0.05) is 11.6 Å². The zero-order valence-electron chi connectivity index (χ0n) is 12.4. The standard InChI is InChI=1S/C15H20F5N/c1-4-6-8(3)7-9(21-5-2)10-11(16)13(18)15(20)14(19)12(10)17/h8-9,21H,4-7H2,1-3H3. The van der Waals surface area contributed by atoms with E-state index in [4.69, 9.17) is 0 Å². The van der Waals surface area contributed by atoms with Crippen LogP contribution >= 0.6 is 0 Å². The number of halogens is 5. The van der Waals surface area contributed by atoms with Crippen molar-refractivity contribution in [1.82, 2.24) is 5.32 Å². The van der Waals surface area contributed by atoms with Crippen molar-refractivity contribution >= 4 is 0 Å². The first-order chi connectivity index (χ1) is 9.84. The maximum atomic E-state index is 13.9. The summed E-state index contributed by atoms with van der Waals surface area (Å²) in [5.41, 5.74) is -0.767. The van der Waals surface area contributed by atoms with Crippen molar-refractivity contribution in [2.75, 3.05) is 6.54 Å². The van der Waals surface area contributed by atoms with Crippen LogP contribution in [0.15, 0.2) is 0 Å². The first-order valence-electron chi connectivity index (χ1n) is 7.09. The van der Waals surface area contributed by atoms with Crippen molar-refractivity contribution in [2.24, 2.45) is 5.92 Å². The maximum absolute atomic E-state index is 13.9. The Labute approximate surface area is 121 Å². The third-order valence-corrected chi connectivity index (χ3v) is 3.46. The topological polar surface area (TPSA) is 12.0 Å². The average molecular weight is 309 g/mol. The van der Waals surface area contributed by atoms with Crippen molar-refractivity contribution in [3.8, 4) is 0 Å². The second kappa shape index (κ2) is 7.73. The zero-order valence-corrected chi connectivity index (χ0v) is 12.4. The van der Waals surface area contributed by atoms with E-state index >= 15 is 0 Å². The van der Waals surface area contributed by atoms with Gasteiger partial charge in [-0.2, -0.15) is 0 Å². The molecule has 0 amide bonds. The minimum Gasteiger partial charge on any atom is -0.310 e. The molecule has 2 unspecified atom stereocenters. The van der Waals surface area contributed by atoms with Gasteiger partial charge in [-0.05, 0) is 18.9 Å². The van der Waals surface area contributed by atoms with Crippen LogP contribution in [-0.4, -0.2) is 6.54 Å². The van der Waals surface area contributed by atoms with Crippen LogP contribution in [0.1, 0.15) is 51.6 Å². The van der Waals surface area contributed by atoms with Gasteiger partial charge in [0.1, 0.15) is 0 Å². The molecule has 1 rings (SSSR count). The van der Waals surface area contributed by atoms with Gasteiger partial charge in [-0.25, -0.2) is 22.0 Å². The molecule has 0 fully saturated rings. The molecule has 0 aliphatic carbocycles. The lowest BCUT2D eigenvalue weighted by Crippen LogP contribution is -2.26. The van der Waals surface area contributed by atoms with Gasteiger partial charge >= 0.3 is 0 Å². The molecule has 0 saturated heterocycles. The molecule has 0 aliphatic rings. The summed E-state index contributed by atoms with van der Waals surface area (Å²) in [5.74, 6) is -9.30. The third kappa shape index (κ3) is 3.93. The largest absolute Gasteiger partial charge is 0.310 e. The van der Waals surface area contributed by atoms with Gasteiger partial charge in [0.05, 0.1) is 0 Å². The Kier molecular flexibility index (Phi) is 6.58. The van der Waals surface area contributed by atoms with E-state index in [0.29, 0.717) is 13.0 Å². The summed E-state index contributed by atoms with van der Waals surface area (Å²) in [6, 6.07) is -0.902. The predicted octanol–water partition coefficient (Wildman–Crippen LogP) is 4.86. The Balaban J connectivity index is 3.25. The van der Waals surface area contributed by atoms with Crippen molar-refractivity contribution in [3.63, 3.8) is 0 Å². The maximum Gasteiger partial charge on any atom is 0.200 e. The molecule has 1 N–H and O–H groups in total. The number of nitrogens with one attached hydrogen (secondary N) is 1. The summed E-state index contributed by atoms with van der Waals surface area (Å²) in [7, 11) is 0. The molecule has 1 aromatic rings. The molecular weight excluding hydrogens is 289 g/mol. The number of hydrogen-bond acceptors (Lipinski definition) is 1. The quantitative estimate of drug-likeness (QED) is 0.431. The summed E-state index contributed by atoms with van der Waals surface area (Å²) in [4.78, 5) is 0. The van der Waals surface area contributed by atoms with Crippen LogP contribution in [0.2, 0.25) is 0 Å². The molecular formula is C15H20F5N. The van der Waals surface area contributed by atoms with Gasteiger partial charge in [-0.1, -0.05) is 33.6 Å². The average Bonchev–Trinajstić information content (AvgIpc) is 2.43. The highest BCUT2D eigenvalue weighted by Gasteiger charge is 2.30. The van der Waals surface area contributed by atoms with Crippen LogP contribution in [0, 0.1) is 35.0 Å². The van der Waals surface area contributed by atoms with Crippen molar-refractivity contribution in [1.29, 1.82) is 0 Å². The molecule has 2 atom stereocenters. The molecule has 120 valence electrons. The lowest BCUT2D eigenvalue weighted by molar-refractivity contribution is 0.334. The molecule has 1 aromatic carbocycles. The number of benzene rings is 1. The van der Waals surface area contributed by atoms with E-state index in [2.05, 4.69) is 5.32 Å². The Hall–Kier alpha value is -1.17. The molecule has 6 heteroatoms. The highest BCUT2D eigenvalue weighted by atomic mass is 19.2. The third-order valence-electron chi connectivity index (χ3n) is 3.46. The fourth-order valence-electron chi connectivity index (χ4n) is 2.49. The van der Waals surface area contributed by atoms with Crippen LogP contribution in [0.4, 0.5) is 22.0 Å². The van der Waals surface area contributed by atoms with Crippen LogP contribution < -0.4 is 5.32 Å². The van der Waals surface area contributed by atoms with Gasteiger partial charge < -0.3 is 5.32 Å². The normalized spacial score (nSPS) is 14.3. The van der Waals surface area contributed by atoms with Gasteiger partial charge in [-0.15, -0.1) is 0 Å². The Bertz CT molecular complexity index is 460. The van der Waals surface area contributed by atoms with E-state index in [1.165, 1.54) is 0 Å². The zero-order chi connectivity index (χ0) is 16.2. The van der Waals surface area contributed by atoms with Gasteiger partial charge in [0.2, 0.25) is 5.82 Å². The van der Waals surface area contributed by atoms with Crippen molar-refractivity contribution in [3.05, 3.63) is 34.6 Å². The summed E-state index contributed by atoms with van der Waals surface area (Å²) in [6.07, 6.45) is 2.01. The van der Waals surface area contributed by atoms with E-state index in [0.717, 1.165) is 12.8 Å². The SMILES string of the molecule is CCCC(C)CC(NCC)c1c(F)c(F)c(F)c(F)c1F. The van der Waals surface area contributed by atoms with Crippen molar-refractivity contribution in [2.45, 2.75) is 46.1 Å². The Morgan fingerprint density at radius 2 is 1.33 bits per heavy atom. The minimum atomic E-state index is -2.12. The smallest absolute Gasteiger partial charge is 0.200 e. The first-order valence-corrected chi connectivity index (χ1v) is 7.09. The lowest BCUT2D eigenvalue weighted by Gasteiger charge is -2.23. The summed E-state index contributed by atoms with van der Waals surface area (Å²) in [5, 5.41) is 2.81. The molecule has 0 spiro atoms. The summed E-state index contributed by atoms with van der Waals surface area (Å²) >= 11 is 0. The highest BCUT2D eigenvalue weighted by Crippen LogP contribution is 2.31. The van der Waals surface area contributed by atoms with E-state index in [9.17, 15) is 22.0 Å². The molecule has 0 aromatic heterocycles. The molecule has 0 bridgehead atoms. The Morgan fingerprint density at radius 1 is 0.857 bits per heavy atom. The lowest BCUT2D eigenvalue weighted by atomic mass is 9.92. The predicted molar refractivity (Wildman–Crippen MR) is 71.3 cm³/mol. The van der Waals surface area contributed by atoms with Crippen LogP contribution in [0.3, 0.4) is 0 Å². The fraction of sp³-hybridized carbons (Fsp3) is 0.600. The monoisotopic (exact) mass is 309 g/mol. The van der Waals surface area contributed by atoms with Gasteiger partial charge in [0.15, 0.2) is 23.3 Å². The van der Waals surface area contributed by atoms with E-state index in [-0.39, 0.29) is 5.92 Å². The van der Waals surface area contributed by atoms with Crippen LogP contribution in [-0.2, 0) is 0 Å². The van der Waals surface area contributed by atoms with Gasteiger partial charge in [-0.3, -0.25) is 0 Å². The molecule has 1 nitrogen and oxygen atoms in total. The highest BCUT2D eigenvalue weighted by molar-refractivity contribution is 5.27. The molecule has 0 radical (unpaired) electrons. The second-order valence-corrected chi connectivity index (χ2v) is 5.22. The number of hydrogen-bond donors (Lipinski definition) is 1. The Morgan fingerprint density at radius 3 is 1.76 bits per heavy atom. The second-order valence-electron chi connectivity index (χ2n) is 5.22. The summed E-state index contributed by atoms with van der Waals surface area (Å²) < 4.78 is 67.4. The van der Waals surface area contributed by atoms with Gasteiger partial charge in [0.25, 0.3) is 0 Å². The van der Waals surface area contributed by atoms with E-state index < -0.39 is 40.7 Å². The van der Waals surface area contributed by atoms with Crippen LogP contribution in [0.25, 0.3) is 0 Å². The van der Waals surface area contributed by atoms with Crippen molar-refractivity contribution < 1.29 is 22.0 Å². The minimum absolute atomic E-state index is 0.106. The summed E-state index contributed by atoms with van der Waals surface area (Å²) in [6.45, 7) is 5.93. The van der Waals surface area contributed by atoms with E-state index in [1.807, 2.05) is 13.8 Å². The number of rotatable bonds is 7. The molecule has 0 saturated carbocycles. The van der Waals surface area contributed by atoms with Crippen LogP contribution in [0.5, 0.6) is 0 Å². The molecule has 0 heterocycles. The van der Waals surface area contributed by atoms with E-state index in [1.54, 1.807) is 6.92 Å².